The van der Waals surface area contributed by atoms with Gasteiger partial charge in [0.05, 0.1) is 26.7 Å². The monoisotopic (exact) mass is 324 g/mol. The molecule has 0 spiro atoms. The van der Waals surface area contributed by atoms with Gasteiger partial charge in [0.2, 0.25) is 0 Å². The maximum Gasteiger partial charge on any atom is 0.416 e. The zero-order chi connectivity index (χ0) is 11.0. The minimum atomic E-state index is -4.26. The topological polar surface area (TPSA) is 0 Å². The number of hydrogen-bond acceptors (Lipinski definition) is 0. The van der Waals surface area contributed by atoms with Gasteiger partial charge in [-0.3, -0.25) is 4.48 Å². The molecule has 0 saturated carbocycles. The summed E-state index contributed by atoms with van der Waals surface area (Å²) in [5.74, 6) is 0. The van der Waals surface area contributed by atoms with Crippen molar-refractivity contribution < 1.29 is 13.2 Å². The van der Waals surface area contributed by atoms with Crippen molar-refractivity contribution in [1.29, 1.82) is 0 Å². The summed E-state index contributed by atoms with van der Waals surface area (Å²) in [6, 6.07) is 5.38. The van der Waals surface area contributed by atoms with Crippen LogP contribution in [0.2, 0.25) is 0 Å². The Bertz CT molecular complexity index is 299. The van der Waals surface area contributed by atoms with E-state index in [1.807, 2.05) is 21.1 Å². The molecule has 1 aromatic carbocycles. The van der Waals surface area contributed by atoms with Gasteiger partial charge in [0.25, 0.3) is 0 Å². The minimum Gasteiger partial charge on any atom is -0.298 e. The molecule has 0 bridgehead atoms. The van der Waals surface area contributed by atoms with Gasteiger partial charge in [-0.2, -0.15) is 13.2 Å². The molecule has 0 unspecified atom stereocenters. The van der Waals surface area contributed by atoms with Gasteiger partial charge < -0.3 is 0 Å². The molecular formula is C10H13F3NSn+. The molecule has 1 rings (SSSR count). The van der Waals surface area contributed by atoms with E-state index in [1.165, 1.54) is 12.1 Å². The third-order valence-electron chi connectivity index (χ3n) is 1.95. The zero-order valence-electron chi connectivity index (χ0n) is 8.89. The SMILES string of the molecule is C[N+](C)(C)c1cccc(C(F)(F)F)c1.[Sn]. The Morgan fingerprint density at radius 1 is 1.07 bits per heavy atom. The first-order valence-corrected chi connectivity index (χ1v) is 4.20. The van der Waals surface area contributed by atoms with E-state index in [0.717, 1.165) is 6.07 Å². The molecule has 0 heterocycles. The fraction of sp³-hybridized carbons (Fsp3) is 0.400. The summed E-state index contributed by atoms with van der Waals surface area (Å²) < 4.78 is 37.4. The van der Waals surface area contributed by atoms with Crippen LogP contribution in [0.3, 0.4) is 0 Å². The fourth-order valence-corrected chi connectivity index (χ4v) is 1.10. The maximum atomic E-state index is 12.3. The predicted octanol–water partition coefficient (Wildman–Crippen LogP) is 2.52. The van der Waals surface area contributed by atoms with E-state index in [4.69, 9.17) is 0 Å². The molecule has 0 aliphatic heterocycles. The second kappa shape index (κ2) is 4.74. The summed E-state index contributed by atoms with van der Waals surface area (Å²) in [6.07, 6.45) is -4.26. The summed E-state index contributed by atoms with van der Waals surface area (Å²) in [7, 11) is 5.49. The third-order valence-corrected chi connectivity index (χ3v) is 1.95. The first-order chi connectivity index (χ1) is 6.21. The van der Waals surface area contributed by atoms with Crippen molar-refractivity contribution in [2.75, 3.05) is 21.1 Å². The van der Waals surface area contributed by atoms with Crippen LogP contribution < -0.4 is 4.48 Å². The van der Waals surface area contributed by atoms with Crippen LogP contribution in [0.1, 0.15) is 5.56 Å². The van der Waals surface area contributed by atoms with Crippen molar-refractivity contribution in [1.82, 2.24) is 4.48 Å². The van der Waals surface area contributed by atoms with Crippen molar-refractivity contribution in [2.24, 2.45) is 0 Å². The van der Waals surface area contributed by atoms with E-state index in [1.54, 1.807) is 6.07 Å². The van der Waals surface area contributed by atoms with Crippen molar-refractivity contribution in [3.05, 3.63) is 29.8 Å². The quantitative estimate of drug-likeness (QED) is 0.550. The molecule has 1 nitrogen and oxygen atoms in total. The van der Waals surface area contributed by atoms with E-state index < -0.39 is 11.7 Å². The number of quaternary nitrogens is 1. The first-order valence-electron chi connectivity index (χ1n) is 4.20. The molecule has 4 radical (unpaired) electrons. The molecule has 0 aromatic heterocycles. The Kier molecular flexibility index (Phi) is 4.66. The summed E-state index contributed by atoms with van der Waals surface area (Å²) in [5, 5.41) is 0. The number of nitrogens with zero attached hydrogens (tertiary/aromatic N) is 1. The molecule has 82 valence electrons. The van der Waals surface area contributed by atoms with Crippen LogP contribution in [0.4, 0.5) is 18.9 Å². The minimum absolute atomic E-state index is 0. The largest absolute Gasteiger partial charge is 0.416 e. The van der Waals surface area contributed by atoms with Gasteiger partial charge in [-0.25, -0.2) is 0 Å². The Balaban J connectivity index is 0.00000196. The Hall–Kier alpha value is -0.231. The van der Waals surface area contributed by atoms with Crippen molar-refractivity contribution in [3.8, 4) is 0 Å². The maximum absolute atomic E-state index is 12.3. The van der Waals surface area contributed by atoms with Crippen LogP contribution in [0, 0.1) is 0 Å². The summed E-state index contributed by atoms with van der Waals surface area (Å²) in [6.45, 7) is 0. The Morgan fingerprint density at radius 3 is 2.00 bits per heavy atom. The number of hydrogen-bond donors (Lipinski definition) is 0. The molecule has 0 saturated heterocycles. The number of alkyl halides is 3. The Labute approximate surface area is 104 Å². The molecular weight excluding hydrogens is 310 g/mol. The van der Waals surface area contributed by atoms with Gasteiger partial charge in [0.15, 0.2) is 0 Å². The molecule has 0 amide bonds. The summed E-state index contributed by atoms with van der Waals surface area (Å²) >= 11 is 0. The number of halogens is 3. The van der Waals surface area contributed by atoms with Gasteiger partial charge >= 0.3 is 6.18 Å². The van der Waals surface area contributed by atoms with E-state index in [0.29, 0.717) is 10.2 Å². The second-order valence-electron chi connectivity index (χ2n) is 4.06. The zero-order valence-corrected chi connectivity index (χ0v) is 11.7. The van der Waals surface area contributed by atoms with Crippen LogP contribution in [-0.2, 0) is 6.18 Å². The summed E-state index contributed by atoms with van der Waals surface area (Å²) in [4.78, 5) is 0. The number of benzene rings is 1. The first kappa shape index (κ1) is 14.8. The average Bonchev–Trinajstić information content (AvgIpc) is 2.01. The molecule has 0 fully saturated rings. The van der Waals surface area contributed by atoms with Gasteiger partial charge in [-0.15, -0.1) is 0 Å². The van der Waals surface area contributed by atoms with Crippen LogP contribution >= 0.6 is 0 Å². The predicted molar refractivity (Wildman–Crippen MR) is 56.8 cm³/mol. The van der Waals surface area contributed by atoms with Crippen LogP contribution in [-0.4, -0.2) is 45.1 Å². The average molecular weight is 323 g/mol. The molecule has 1 aromatic rings. The van der Waals surface area contributed by atoms with Crippen molar-refractivity contribution in [2.45, 2.75) is 6.18 Å². The third kappa shape index (κ3) is 4.02. The van der Waals surface area contributed by atoms with Gasteiger partial charge in [-0.05, 0) is 12.1 Å². The van der Waals surface area contributed by atoms with E-state index in [-0.39, 0.29) is 23.9 Å². The molecule has 5 heteroatoms. The van der Waals surface area contributed by atoms with Gasteiger partial charge in [0, 0.05) is 30.0 Å². The van der Waals surface area contributed by atoms with Gasteiger partial charge in [0.1, 0.15) is 5.69 Å². The Morgan fingerprint density at radius 2 is 1.60 bits per heavy atom. The second-order valence-corrected chi connectivity index (χ2v) is 4.06. The fourth-order valence-electron chi connectivity index (χ4n) is 1.10. The smallest absolute Gasteiger partial charge is 0.298 e. The van der Waals surface area contributed by atoms with Crippen molar-refractivity contribution >= 4 is 29.6 Å². The van der Waals surface area contributed by atoms with E-state index in [9.17, 15) is 13.2 Å². The molecule has 0 N–H and O–H groups in total. The molecule has 0 aliphatic carbocycles. The van der Waals surface area contributed by atoms with Gasteiger partial charge in [-0.1, -0.05) is 6.07 Å². The van der Waals surface area contributed by atoms with E-state index in [2.05, 4.69) is 0 Å². The number of rotatable bonds is 1. The molecule has 0 atom stereocenters. The van der Waals surface area contributed by atoms with Crippen LogP contribution in [0.25, 0.3) is 0 Å². The van der Waals surface area contributed by atoms with Crippen LogP contribution in [0.15, 0.2) is 24.3 Å². The van der Waals surface area contributed by atoms with Crippen LogP contribution in [0.5, 0.6) is 0 Å². The normalized spacial score (nSPS) is 12.1. The summed E-state index contributed by atoms with van der Waals surface area (Å²) in [5.41, 5.74) is 0.0443. The standard InChI is InChI=1S/C10H13F3N.Sn/c1-14(2,3)9-6-4-5-8(7-9)10(11,12)13;/h4-7H,1-3H3;/q+1;. The van der Waals surface area contributed by atoms with E-state index >= 15 is 0 Å². The van der Waals surface area contributed by atoms with Crippen molar-refractivity contribution in [3.63, 3.8) is 0 Å². The molecule has 0 aliphatic rings. The molecule has 15 heavy (non-hydrogen) atoms.